The van der Waals surface area contributed by atoms with Crippen LogP contribution in [0, 0.1) is 5.92 Å². The van der Waals surface area contributed by atoms with E-state index in [1.807, 2.05) is 34.9 Å². The molecular formula is C26H36N2O2S. The van der Waals surface area contributed by atoms with E-state index in [-0.39, 0.29) is 5.91 Å². The summed E-state index contributed by atoms with van der Waals surface area (Å²) in [6, 6.07) is 12.9. The number of hydrogen-bond donors (Lipinski definition) is 0. The van der Waals surface area contributed by atoms with Crippen molar-refractivity contribution in [3.05, 3.63) is 42.0 Å². The SMILES string of the molecule is CC(C)N1CCC(CCCOc2ccc3cc(C(=O)N4CCSCC4)ccc3c2)CC1. The Balaban J connectivity index is 1.26. The van der Waals surface area contributed by atoms with Crippen LogP contribution in [0.3, 0.4) is 0 Å². The van der Waals surface area contributed by atoms with Gasteiger partial charge in [-0.1, -0.05) is 12.1 Å². The maximum absolute atomic E-state index is 12.8. The number of benzene rings is 2. The third-order valence-corrected chi connectivity index (χ3v) is 7.70. The lowest BCUT2D eigenvalue weighted by atomic mass is 9.92. The molecule has 2 fully saturated rings. The van der Waals surface area contributed by atoms with Gasteiger partial charge in [0.15, 0.2) is 0 Å². The van der Waals surface area contributed by atoms with Gasteiger partial charge >= 0.3 is 0 Å². The zero-order valence-electron chi connectivity index (χ0n) is 19.0. The number of thioether (sulfide) groups is 1. The number of ether oxygens (including phenoxy) is 1. The molecule has 0 radical (unpaired) electrons. The van der Waals surface area contributed by atoms with Crippen LogP contribution in [0.25, 0.3) is 10.8 Å². The van der Waals surface area contributed by atoms with E-state index in [4.69, 9.17) is 4.74 Å². The van der Waals surface area contributed by atoms with Crippen LogP contribution < -0.4 is 4.74 Å². The van der Waals surface area contributed by atoms with Gasteiger partial charge in [0.2, 0.25) is 0 Å². The maximum Gasteiger partial charge on any atom is 0.253 e. The molecule has 2 heterocycles. The highest BCUT2D eigenvalue weighted by Crippen LogP contribution is 2.25. The van der Waals surface area contributed by atoms with Crippen LogP contribution >= 0.6 is 11.8 Å². The zero-order valence-corrected chi connectivity index (χ0v) is 19.8. The Hall–Kier alpha value is -1.72. The maximum atomic E-state index is 12.8. The van der Waals surface area contributed by atoms with Crippen LogP contribution in [-0.4, -0.2) is 66.0 Å². The highest BCUT2D eigenvalue weighted by Gasteiger charge is 2.20. The molecule has 0 aromatic heterocycles. The minimum Gasteiger partial charge on any atom is -0.494 e. The number of amides is 1. The van der Waals surface area contributed by atoms with Crippen molar-refractivity contribution in [3.8, 4) is 5.75 Å². The fourth-order valence-corrected chi connectivity index (χ4v) is 5.62. The van der Waals surface area contributed by atoms with Crippen LogP contribution in [0.2, 0.25) is 0 Å². The van der Waals surface area contributed by atoms with Crippen molar-refractivity contribution < 1.29 is 9.53 Å². The molecule has 1 amide bonds. The fourth-order valence-electron chi connectivity index (χ4n) is 4.72. The lowest BCUT2D eigenvalue weighted by molar-refractivity contribution is 0.0772. The number of hydrogen-bond acceptors (Lipinski definition) is 4. The van der Waals surface area contributed by atoms with Crippen LogP contribution in [0.15, 0.2) is 36.4 Å². The van der Waals surface area contributed by atoms with Gasteiger partial charge in [-0.2, -0.15) is 11.8 Å². The molecule has 2 aliphatic heterocycles. The molecule has 4 nitrogen and oxygen atoms in total. The van der Waals surface area contributed by atoms with Gasteiger partial charge in [0.05, 0.1) is 6.61 Å². The zero-order chi connectivity index (χ0) is 21.6. The van der Waals surface area contributed by atoms with Crippen LogP contribution in [0.4, 0.5) is 0 Å². The number of likely N-dealkylation sites (tertiary alicyclic amines) is 1. The molecule has 0 saturated carbocycles. The predicted octanol–water partition coefficient (Wildman–Crippen LogP) is 5.31. The average Bonchev–Trinajstić information content (AvgIpc) is 2.82. The van der Waals surface area contributed by atoms with E-state index in [2.05, 4.69) is 36.9 Å². The van der Waals surface area contributed by atoms with Gasteiger partial charge in [0.25, 0.3) is 5.91 Å². The van der Waals surface area contributed by atoms with E-state index in [1.54, 1.807) is 0 Å². The molecule has 4 rings (SSSR count). The summed E-state index contributed by atoms with van der Waals surface area (Å²) in [4.78, 5) is 17.3. The van der Waals surface area contributed by atoms with Gasteiger partial charge in [0.1, 0.15) is 5.75 Å². The van der Waals surface area contributed by atoms with Crippen molar-refractivity contribution in [2.24, 2.45) is 5.92 Å². The van der Waals surface area contributed by atoms with Crippen molar-refractivity contribution in [2.75, 3.05) is 44.3 Å². The van der Waals surface area contributed by atoms with Crippen LogP contribution in [-0.2, 0) is 0 Å². The highest BCUT2D eigenvalue weighted by atomic mass is 32.2. The van der Waals surface area contributed by atoms with Gasteiger partial charge in [-0.25, -0.2) is 0 Å². The van der Waals surface area contributed by atoms with Gasteiger partial charge in [0, 0.05) is 36.2 Å². The number of carbonyl (C=O) groups excluding carboxylic acids is 1. The minimum absolute atomic E-state index is 0.154. The third kappa shape index (κ3) is 5.95. The minimum atomic E-state index is 0.154. The van der Waals surface area contributed by atoms with Gasteiger partial charge in [-0.05, 0) is 93.6 Å². The van der Waals surface area contributed by atoms with E-state index in [0.29, 0.717) is 6.04 Å². The first-order valence-corrected chi connectivity index (χ1v) is 13.0. The Morgan fingerprint density at radius 2 is 1.74 bits per heavy atom. The van der Waals surface area contributed by atoms with E-state index in [0.717, 1.165) is 65.6 Å². The van der Waals surface area contributed by atoms with E-state index in [1.165, 1.54) is 32.4 Å². The molecular weight excluding hydrogens is 404 g/mol. The van der Waals surface area contributed by atoms with Crippen molar-refractivity contribution in [2.45, 2.75) is 45.6 Å². The molecule has 2 aromatic carbocycles. The second-order valence-electron chi connectivity index (χ2n) is 9.19. The van der Waals surface area contributed by atoms with Crippen LogP contribution in [0.5, 0.6) is 5.75 Å². The first-order valence-electron chi connectivity index (χ1n) is 11.9. The Bertz CT molecular complexity index is 871. The molecule has 2 aliphatic rings. The van der Waals surface area contributed by atoms with Crippen molar-refractivity contribution in [1.29, 1.82) is 0 Å². The van der Waals surface area contributed by atoms with Gasteiger partial charge in [-0.15, -0.1) is 0 Å². The monoisotopic (exact) mass is 440 g/mol. The summed E-state index contributed by atoms with van der Waals surface area (Å²) in [5.41, 5.74) is 0.789. The molecule has 0 aliphatic carbocycles. The Labute approximate surface area is 191 Å². The smallest absolute Gasteiger partial charge is 0.253 e. The fraction of sp³-hybridized carbons (Fsp3) is 0.577. The summed E-state index contributed by atoms with van der Waals surface area (Å²) in [5, 5.41) is 2.23. The first kappa shape index (κ1) is 22.5. The molecule has 0 N–H and O–H groups in total. The van der Waals surface area contributed by atoms with E-state index < -0.39 is 0 Å². The van der Waals surface area contributed by atoms with E-state index in [9.17, 15) is 4.79 Å². The molecule has 2 saturated heterocycles. The summed E-state index contributed by atoms with van der Waals surface area (Å²) in [7, 11) is 0. The van der Waals surface area contributed by atoms with Gasteiger partial charge < -0.3 is 14.5 Å². The summed E-state index contributed by atoms with van der Waals surface area (Å²) < 4.78 is 6.05. The molecule has 0 bridgehead atoms. The number of rotatable bonds is 7. The number of piperidine rings is 1. The van der Waals surface area contributed by atoms with Crippen molar-refractivity contribution in [3.63, 3.8) is 0 Å². The van der Waals surface area contributed by atoms with E-state index >= 15 is 0 Å². The number of nitrogens with zero attached hydrogens (tertiary/aromatic N) is 2. The largest absolute Gasteiger partial charge is 0.494 e. The van der Waals surface area contributed by atoms with Crippen molar-refractivity contribution in [1.82, 2.24) is 9.80 Å². The molecule has 31 heavy (non-hydrogen) atoms. The highest BCUT2D eigenvalue weighted by molar-refractivity contribution is 7.99. The standard InChI is InChI=1S/C26H36N2O2S/c1-20(2)27-11-9-21(10-12-27)4-3-15-30-25-8-7-22-18-24(6-5-23(22)19-25)26(29)28-13-16-31-17-14-28/h5-8,18-21H,3-4,9-17H2,1-2H3. The summed E-state index contributed by atoms with van der Waals surface area (Å²) in [5.74, 6) is 4.01. The van der Waals surface area contributed by atoms with Crippen LogP contribution in [0.1, 0.15) is 49.9 Å². The lowest BCUT2D eigenvalue weighted by Crippen LogP contribution is -2.38. The van der Waals surface area contributed by atoms with Crippen molar-refractivity contribution >= 4 is 28.4 Å². The molecule has 168 valence electrons. The number of carbonyl (C=O) groups is 1. The Morgan fingerprint density at radius 1 is 1.03 bits per heavy atom. The third-order valence-electron chi connectivity index (χ3n) is 6.76. The summed E-state index contributed by atoms with van der Waals surface area (Å²) >= 11 is 1.92. The predicted molar refractivity (Wildman–Crippen MR) is 131 cm³/mol. The molecule has 0 spiro atoms. The lowest BCUT2D eigenvalue weighted by Gasteiger charge is -2.34. The second kappa shape index (κ2) is 10.7. The quantitative estimate of drug-likeness (QED) is 0.547. The Morgan fingerprint density at radius 3 is 2.48 bits per heavy atom. The first-order chi connectivity index (χ1) is 15.1. The average molecular weight is 441 g/mol. The van der Waals surface area contributed by atoms with Gasteiger partial charge in [-0.3, -0.25) is 4.79 Å². The molecule has 0 unspecified atom stereocenters. The molecule has 5 heteroatoms. The topological polar surface area (TPSA) is 32.8 Å². The normalized spacial score (nSPS) is 18.6. The number of fused-ring (bicyclic) bond motifs is 1. The Kier molecular flexibility index (Phi) is 7.78. The molecule has 0 atom stereocenters. The summed E-state index contributed by atoms with van der Waals surface area (Å²) in [6.45, 7) is 9.56. The second-order valence-corrected chi connectivity index (χ2v) is 10.4. The summed E-state index contributed by atoms with van der Waals surface area (Å²) in [6.07, 6.45) is 5.03. The molecule has 2 aromatic rings.